The number of halogens is 1. The first-order chi connectivity index (χ1) is 9.02. The van der Waals surface area contributed by atoms with E-state index in [1.165, 1.54) is 0 Å². The number of urea groups is 1. The molecule has 19 heavy (non-hydrogen) atoms. The summed E-state index contributed by atoms with van der Waals surface area (Å²) in [6.07, 6.45) is 1.91. The fourth-order valence-electron chi connectivity index (χ4n) is 1.95. The Balaban J connectivity index is 2.19. The number of carboxylic acid groups (broad SMARTS) is 1. The molecule has 0 aliphatic heterocycles. The minimum Gasteiger partial charge on any atom is -0.478 e. The summed E-state index contributed by atoms with van der Waals surface area (Å²) in [5.41, 5.74) is -0.141. The summed E-state index contributed by atoms with van der Waals surface area (Å²) in [5.74, 6) is -1.79. The highest BCUT2D eigenvalue weighted by Crippen LogP contribution is 2.27. The quantitative estimate of drug-likeness (QED) is 0.879. The number of hydrogen-bond donors (Lipinski definition) is 2. The number of carbonyl (C=O) groups excluding carboxylic acids is 1. The average molecular weight is 266 g/mol. The number of carboxylic acids is 1. The maximum Gasteiger partial charge on any atom is 0.337 e. The van der Waals surface area contributed by atoms with Gasteiger partial charge in [-0.1, -0.05) is 0 Å². The highest BCUT2D eigenvalue weighted by Gasteiger charge is 2.31. The Morgan fingerprint density at radius 3 is 2.68 bits per heavy atom. The molecule has 0 saturated heterocycles. The maximum atomic E-state index is 13.2. The molecule has 0 spiro atoms. The predicted octanol–water partition coefficient (Wildman–Crippen LogP) is 2.54. The predicted molar refractivity (Wildman–Crippen MR) is 67.8 cm³/mol. The second-order valence-corrected chi connectivity index (χ2v) is 4.44. The van der Waals surface area contributed by atoms with Crippen LogP contribution in [0.5, 0.6) is 0 Å². The van der Waals surface area contributed by atoms with E-state index >= 15 is 0 Å². The van der Waals surface area contributed by atoms with E-state index in [-0.39, 0.29) is 17.3 Å². The molecule has 0 radical (unpaired) electrons. The lowest BCUT2D eigenvalue weighted by Gasteiger charge is -2.21. The molecular weight excluding hydrogens is 251 g/mol. The second kappa shape index (κ2) is 5.26. The molecule has 1 aliphatic rings. The fourth-order valence-corrected chi connectivity index (χ4v) is 1.95. The molecular formula is C13H15FN2O3. The third-order valence-electron chi connectivity index (χ3n) is 3.04. The molecule has 0 atom stereocenters. The minimum absolute atomic E-state index is 0.0170. The van der Waals surface area contributed by atoms with Crippen molar-refractivity contribution in [2.24, 2.45) is 0 Å². The van der Waals surface area contributed by atoms with Gasteiger partial charge >= 0.3 is 12.0 Å². The van der Waals surface area contributed by atoms with Crippen LogP contribution >= 0.6 is 0 Å². The smallest absolute Gasteiger partial charge is 0.337 e. The van der Waals surface area contributed by atoms with Crippen molar-refractivity contribution in [3.05, 3.63) is 29.6 Å². The molecule has 0 aromatic heterocycles. The summed E-state index contributed by atoms with van der Waals surface area (Å²) in [5, 5.41) is 11.5. The molecule has 1 aliphatic carbocycles. The summed E-state index contributed by atoms with van der Waals surface area (Å²) >= 11 is 0. The van der Waals surface area contributed by atoms with Gasteiger partial charge in [-0.3, -0.25) is 0 Å². The van der Waals surface area contributed by atoms with Crippen molar-refractivity contribution in [1.82, 2.24) is 4.90 Å². The minimum atomic E-state index is -1.20. The van der Waals surface area contributed by atoms with Gasteiger partial charge in [0, 0.05) is 12.6 Å². The number of benzene rings is 1. The van der Waals surface area contributed by atoms with E-state index in [2.05, 4.69) is 5.32 Å². The molecule has 2 rings (SSSR count). The van der Waals surface area contributed by atoms with Crippen molar-refractivity contribution in [3.8, 4) is 0 Å². The van der Waals surface area contributed by atoms with Crippen LogP contribution in [0, 0.1) is 5.82 Å². The molecule has 1 aromatic rings. The molecule has 2 amide bonds. The van der Waals surface area contributed by atoms with Crippen molar-refractivity contribution in [3.63, 3.8) is 0 Å². The van der Waals surface area contributed by atoms with Crippen LogP contribution < -0.4 is 5.32 Å². The fraction of sp³-hybridized carbons (Fsp3) is 0.385. The largest absolute Gasteiger partial charge is 0.478 e. The van der Waals surface area contributed by atoms with Crippen molar-refractivity contribution in [2.75, 3.05) is 11.9 Å². The average Bonchev–Trinajstić information content (AvgIpc) is 3.14. The van der Waals surface area contributed by atoms with Gasteiger partial charge in [-0.25, -0.2) is 14.0 Å². The molecule has 1 saturated carbocycles. The van der Waals surface area contributed by atoms with Gasteiger partial charge in [0.2, 0.25) is 0 Å². The van der Waals surface area contributed by atoms with Gasteiger partial charge in [-0.2, -0.15) is 0 Å². The molecule has 2 N–H and O–H groups in total. The number of amides is 2. The van der Waals surface area contributed by atoms with Crippen LogP contribution in [-0.4, -0.2) is 34.6 Å². The molecule has 0 bridgehead atoms. The second-order valence-electron chi connectivity index (χ2n) is 4.44. The SMILES string of the molecule is CCN(C(=O)Nc1cc(F)ccc1C(=O)O)C1CC1. The monoisotopic (exact) mass is 266 g/mol. The van der Waals surface area contributed by atoms with E-state index in [4.69, 9.17) is 5.11 Å². The zero-order valence-corrected chi connectivity index (χ0v) is 10.5. The van der Waals surface area contributed by atoms with Crippen LogP contribution in [0.3, 0.4) is 0 Å². The standard InChI is InChI=1S/C13H15FN2O3/c1-2-16(9-4-5-9)13(19)15-11-7-8(14)3-6-10(11)12(17)18/h3,6-7,9H,2,4-5H2,1H3,(H,15,19)(H,17,18). The van der Waals surface area contributed by atoms with Gasteiger partial charge in [-0.05, 0) is 38.0 Å². The van der Waals surface area contributed by atoms with Crippen LogP contribution in [0.4, 0.5) is 14.9 Å². The Morgan fingerprint density at radius 1 is 1.47 bits per heavy atom. The van der Waals surface area contributed by atoms with Gasteiger partial charge in [0.15, 0.2) is 0 Å². The summed E-state index contributed by atoms with van der Waals surface area (Å²) < 4.78 is 13.2. The number of rotatable bonds is 4. The number of hydrogen-bond acceptors (Lipinski definition) is 2. The van der Waals surface area contributed by atoms with Gasteiger partial charge in [0.25, 0.3) is 0 Å². The summed E-state index contributed by atoms with van der Waals surface area (Å²) in [7, 11) is 0. The molecule has 0 unspecified atom stereocenters. The third-order valence-corrected chi connectivity index (χ3v) is 3.04. The first-order valence-corrected chi connectivity index (χ1v) is 6.13. The molecule has 5 nitrogen and oxygen atoms in total. The lowest BCUT2D eigenvalue weighted by molar-refractivity contribution is 0.0698. The van der Waals surface area contributed by atoms with Gasteiger partial charge < -0.3 is 15.3 Å². The number of nitrogens with one attached hydrogen (secondary N) is 1. The molecule has 6 heteroatoms. The zero-order chi connectivity index (χ0) is 14.0. The Morgan fingerprint density at radius 2 is 2.16 bits per heavy atom. The van der Waals surface area contributed by atoms with E-state index in [0.29, 0.717) is 6.54 Å². The van der Waals surface area contributed by atoms with Gasteiger partial charge in [0.05, 0.1) is 11.3 Å². The van der Waals surface area contributed by atoms with E-state index in [1.807, 2.05) is 6.92 Å². The van der Waals surface area contributed by atoms with Crippen molar-refractivity contribution >= 4 is 17.7 Å². The summed E-state index contributed by atoms with van der Waals surface area (Å²) in [4.78, 5) is 24.6. The Bertz CT molecular complexity index is 515. The lowest BCUT2D eigenvalue weighted by Crippen LogP contribution is -2.36. The third kappa shape index (κ3) is 3.01. The normalized spacial score (nSPS) is 14.0. The van der Waals surface area contributed by atoms with E-state index < -0.39 is 17.8 Å². The molecule has 0 heterocycles. The van der Waals surface area contributed by atoms with Crippen LogP contribution in [0.2, 0.25) is 0 Å². The Hall–Kier alpha value is -2.11. The Labute approximate surface area is 110 Å². The highest BCUT2D eigenvalue weighted by atomic mass is 19.1. The number of aromatic carboxylic acids is 1. The summed E-state index contributed by atoms with van der Waals surface area (Å²) in [6.45, 7) is 2.38. The van der Waals surface area contributed by atoms with Crippen molar-refractivity contribution in [1.29, 1.82) is 0 Å². The topological polar surface area (TPSA) is 69.6 Å². The Kier molecular flexibility index (Phi) is 3.69. The van der Waals surface area contributed by atoms with E-state index in [1.54, 1.807) is 4.90 Å². The maximum absolute atomic E-state index is 13.2. The van der Waals surface area contributed by atoms with Crippen molar-refractivity contribution < 1.29 is 19.1 Å². The van der Waals surface area contributed by atoms with Crippen LogP contribution in [0.15, 0.2) is 18.2 Å². The number of carbonyl (C=O) groups is 2. The van der Waals surface area contributed by atoms with Gasteiger partial charge in [0.1, 0.15) is 5.82 Å². The first-order valence-electron chi connectivity index (χ1n) is 6.13. The van der Waals surface area contributed by atoms with Gasteiger partial charge in [-0.15, -0.1) is 0 Å². The number of anilines is 1. The number of nitrogens with zero attached hydrogens (tertiary/aromatic N) is 1. The van der Waals surface area contributed by atoms with Crippen LogP contribution in [0.25, 0.3) is 0 Å². The van der Waals surface area contributed by atoms with Crippen molar-refractivity contribution in [2.45, 2.75) is 25.8 Å². The summed E-state index contributed by atoms with van der Waals surface area (Å²) in [6, 6.07) is 3.03. The zero-order valence-electron chi connectivity index (χ0n) is 10.5. The highest BCUT2D eigenvalue weighted by molar-refractivity contribution is 6.00. The van der Waals surface area contributed by atoms with Crippen LogP contribution in [0.1, 0.15) is 30.1 Å². The van der Waals surface area contributed by atoms with Crippen LogP contribution in [-0.2, 0) is 0 Å². The lowest BCUT2D eigenvalue weighted by atomic mass is 10.2. The van der Waals surface area contributed by atoms with E-state index in [9.17, 15) is 14.0 Å². The molecule has 1 fully saturated rings. The molecule has 1 aromatic carbocycles. The first kappa shape index (κ1) is 13.3. The van der Waals surface area contributed by atoms with E-state index in [0.717, 1.165) is 31.0 Å². The molecule has 102 valence electrons.